The Morgan fingerprint density at radius 1 is 1.26 bits per heavy atom. The molecule has 0 saturated heterocycles. The van der Waals surface area contributed by atoms with Crippen LogP contribution in [0.4, 0.5) is 5.82 Å². The van der Waals surface area contributed by atoms with E-state index < -0.39 is 17.2 Å². The molecule has 2 rings (SSSR count). The molecule has 0 spiro atoms. The lowest BCUT2D eigenvalue weighted by Gasteiger charge is -2.07. The highest BCUT2D eigenvalue weighted by Crippen LogP contribution is 2.10. The number of hydrogen-bond acceptors (Lipinski definition) is 6. The van der Waals surface area contributed by atoms with Crippen molar-refractivity contribution < 1.29 is 4.79 Å². The largest absolute Gasteiger partial charge is 0.355 e. The highest BCUT2D eigenvalue weighted by molar-refractivity contribution is 5.80. The maximum Gasteiger partial charge on any atom is 0.342 e. The van der Waals surface area contributed by atoms with Gasteiger partial charge in [-0.2, -0.15) is 0 Å². The first-order valence-electron chi connectivity index (χ1n) is 6.75. The van der Waals surface area contributed by atoms with Crippen LogP contribution in [0.3, 0.4) is 0 Å². The fraction of sp³-hybridized carbons (Fsp3) is 0.143. The number of carbonyl (C=O) groups is 1. The third-order valence-corrected chi connectivity index (χ3v) is 2.86. The van der Waals surface area contributed by atoms with Gasteiger partial charge in [-0.25, -0.2) is 9.89 Å². The number of anilines is 1. The Morgan fingerprint density at radius 3 is 2.70 bits per heavy atom. The molecule has 1 aromatic carbocycles. The Labute approximate surface area is 130 Å². The Bertz CT molecular complexity index is 809. The number of nitrogens with one attached hydrogen (secondary N) is 5. The van der Waals surface area contributed by atoms with Gasteiger partial charge in [0.1, 0.15) is 0 Å². The number of carbonyl (C=O) groups excluding carboxylic acids is 1. The molecule has 9 heteroatoms. The van der Waals surface area contributed by atoms with E-state index in [1.165, 1.54) is 0 Å². The molecule has 0 atom stereocenters. The van der Waals surface area contributed by atoms with E-state index in [1.807, 2.05) is 42.2 Å². The number of nitrogens with zero attached hydrogens (tertiary/aromatic N) is 1. The van der Waals surface area contributed by atoms with Crippen molar-refractivity contribution >= 4 is 17.3 Å². The Balaban J connectivity index is 1.81. The Kier molecular flexibility index (Phi) is 5.29. The minimum Gasteiger partial charge on any atom is -0.355 e. The number of H-pyrrole nitrogens is 2. The van der Waals surface area contributed by atoms with Crippen molar-refractivity contribution in [3.63, 3.8) is 0 Å². The number of rotatable bonds is 6. The third kappa shape index (κ3) is 4.84. The molecular formula is C14H16N6O3. The Hall–Kier alpha value is -3.36. The molecular weight excluding hydrogens is 300 g/mol. The molecule has 120 valence electrons. The molecule has 0 bridgehead atoms. The maximum atomic E-state index is 11.6. The second-order valence-corrected chi connectivity index (χ2v) is 4.59. The van der Waals surface area contributed by atoms with Crippen LogP contribution in [0.15, 0.2) is 46.1 Å². The molecule has 0 aliphatic rings. The predicted octanol–water partition coefficient (Wildman–Crippen LogP) is -0.448. The van der Waals surface area contributed by atoms with Gasteiger partial charge in [-0.05, 0) is 18.1 Å². The van der Waals surface area contributed by atoms with Crippen LogP contribution >= 0.6 is 0 Å². The molecule has 1 aromatic heterocycles. The summed E-state index contributed by atoms with van der Waals surface area (Å²) in [6.45, 7) is 1.71. The van der Waals surface area contributed by atoms with Crippen molar-refractivity contribution in [1.82, 2.24) is 26.0 Å². The number of amides is 1. The van der Waals surface area contributed by atoms with Crippen LogP contribution < -0.4 is 27.4 Å². The van der Waals surface area contributed by atoms with Crippen LogP contribution in [-0.2, 0) is 4.79 Å². The summed E-state index contributed by atoms with van der Waals surface area (Å²) in [5, 5.41) is 8.07. The summed E-state index contributed by atoms with van der Waals surface area (Å²) in [5.41, 5.74) is 5.67. The standard InChI is InChI=1S/C14H16N6O3/c1-9(10-5-3-2-4-6-10)7-16-18-11(21)8-15-12-13(22)17-14(23)20-19-12/h2-7,16H,8H2,1H3,(H,15,19)(H,18,21)(H2,17,20,22,23). The summed E-state index contributed by atoms with van der Waals surface area (Å²) in [4.78, 5) is 35.8. The van der Waals surface area contributed by atoms with Crippen LogP contribution in [0.2, 0.25) is 0 Å². The second-order valence-electron chi connectivity index (χ2n) is 4.59. The van der Waals surface area contributed by atoms with E-state index in [-0.39, 0.29) is 12.4 Å². The molecule has 0 fully saturated rings. The zero-order chi connectivity index (χ0) is 16.7. The first-order chi connectivity index (χ1) is 11.1. The van der Waals surface area contributed by atoms with Gasteiger partial charge in [0.05, 0.1) is 6.54 Å². The SMILES string of the molecule is CC(=CNNC(=O)CNc1n[nH]c(=O)[nH]c1=O)c1ccccc1. The molecule has 0 saturated carbocycles. The minimum absolute atomic E-state index is 0.143. The fourth-order valence-electron chi connectivity index (χ4n) is 1.68. The third-order valence-electron chi connectivity index (χ3n) is 2.86. The molecule has 0 aliphatic carbocycles. The van der Waals surface area contributed by atoms with Crippen LogP contribution in [0.25, 0.3) is 5.57 Å². The smallest absolute Gasteiger partial charge is 0.342 e. The van der Waals surface area contributed by atoms with Crippen LogP contribution in [-0.4, -0.2) is 27.6 Å². The average molecular weight is 316 g/mol. The molecule has 23 heavy (non-hydrogen) atoms. The van der Waals surface area contributed by atoms with E-state index >= 15 is 0 Å². The predicted molar refractivity (Wildman–Crippen MR) is 85.3 cm³/mol. The summed E-state index contributed by atoms with van der Waals surface area (Å²) >= 11 is 0. The average Bonchev–Trinajstić information content (AvgIpc) is 2.54. The topological polar surface area (TPSA) is 132 Å². The zero-order valence-corrected chi connectivity index (χ0v) is 12.3. The van der Waals surface area contributed by atoms with E-state index in [0.717, 1.165) is 11.1 Å². The van der Waals surface area contributed by atoms with Gasteiger partial charge in [0, 0.05) is 6.20 Å². The highest BCUT2D eigenvalue weighted by Gasteiger charge is 2.04. The quantitative estimate of drug-likeness (QED) is 0.459. The minimum atomic E-state index is -0.715. The number of hydrogen-bond donors (Lipinski definition) is 5. The number of aromatic nitrogens is 3. The molecule has 0 unspecified atom stereocenters. The molecule has 1 amide bonds. The lowest BCUT2D eigenvalue weighted by atomic mass is 10.1. The summed E-state index contributed by atoms with van der Waals surface area (Å²) in [5.74, 6) is -0.551. The molecule has 1 heterocycles. The first kappa shape index (κ1) is 16.0. The van der Waals surface area contributed by atoms with Crippen molar-refractivity contribution in [1.29, 1.82) is 0 Å². The molecule has 5 N–H and O–H groups in total. The zero-order valence-electron chi connectivity index (χ0n) is 12.3. The van der Waals surface area contributed by atoms with Crippen LogP contribution in [0.1, 0.15) is 12.5 Å². The van der Waals surface area contributed by atoms with Crippen LogP contribution in [0.5, 0.6) is 0 Å². The van der Waals surface area contributed by atoms with Crippen molar-refractivity contribution in [2.45, 2.75) is 6.92 Å². The van der Waals surface area contributed by atoms with Crippen molar-refractivity contribution in [3.8, 4) is 0 Å². The number of hydrazine groups is 1. The van der Waals surface area contributed by atoms with Gasteiger partial charge in [0.15, 0.2) is 0 Å². The lowest BCUT2D eigenvalue weighted by molar-refractivity contribution is -0.120. The van der Waals surface area contributed by atoms with E-state index in [0.29, 0.717) is 0 Å². The molecule has 2 aromatic rings. The highest BCUT2D eigenvalue weighted by atomic mass is 16.2. The van der Waals surface area contributed by atoms with Gasteiger partial charge in [-0.15, -0.1) is 5.10 Å². The molecule has 9 nitrogen and oxygen atoms in total. The van der Waals surface area contributed by atoms with Crippen molar-refractivity contribution in [3.05, 3.63) is 62.9 Å². The number of allylic oxidation sites excluding steroid dienone is 1. The monoisotopic (exact) mass is 316 g/mol. The lowest BCUT2D eigenvalue weighted by Crippen LogP contribution is -2.39. The van der Waals surface area contributed by atoms with Gasteiger partial charge in [-0.3, -0.25) is 20.0 Å². The number of aromatic amines is 2. The van der Waals surface area contributed by atoms with Gasteiger partial charge >= 0.3 is 5.69 Å². The van der Waals surface area contributed by atoms with E-state index in [4.69, 9.17) is 0 Å². The first-order valence-corrected chi connectivity index (χ1v) is 6.75. The van der Waals surface area contributed by atoms with Gasteiger partial charge in [0.2, 0.25) is 5.82 Å². The Morgan fingerprint density at radius 2 is 2.00 bits per heavy atom. The van der Waals surface area contributed by atoms with Crippen LogP contribution in [0, 0.1) is 0 Å². The van der Waals surface area contributed by atoms with E-state index in [9.17, 15) is 14.4 Å². The summed E-state index contributed by atoms with van der Waals surface area (Å²) in [6, 6.07) is 9.66. The molecule has 0 radical (unpaired) electrons. The normalized spacial score (nSPS) is 10.9. The van der Waals surface area contributed by atoms with Gasteiger partial charge < -0.3 is 10.7 Å². The molecule has 0 aliphatic heterocycles. The second kappa shape index (κ2) is 7.59. The van der Waals surface area contributed by atoms with E-state index in [2.05, 4.69) is 26.4 Å². The number of benzene rings is 1. The fourth-order valence-corrected chi connectivity index (χ4v) is 1.68. The maximum absolute atomic E-state index is 11.6. The van der Waals surface area contributed by atoms with Gasteiger partial charge in [-0.1, -0.05) is 30.3 Å². The van der Waals surface area contributed by atoms with Crippen molar-refractivity contribution in [2.24, 2.45) is 0 Å². The summed E-state index contributed by atoms with van der Waals surface area (Å²) in [7, 11) is 0. The summed E-state index contributed by atoms with van der Waals surface area (Å²) in [6.07, 6.45) is 1.65. The van der Waals surface area contributed by atoms with E-state index in [1.54, 1.807) is 6.20 Å². The summed E-state index contributed by atoms with van der Waals surface area (Å²) < 4.78 is 0. The van der Waals surface area contributed by atoms with Crippen molar-refractivity contribution in [2.75, 3.05) is 11.9 Å². The van der Waals surface area contributed by atoms with Gasteiger partial charge in [0.25, 0.3) is 11.5 Å².